The quantitative estimate of drug-likeness (QED) is 0.706. The number of hydrogen-bond acceptors (Lipinski definition) is 2. The number of rotatable bonds is 5. The molecule has 1 aromatic heterocycles. The molecule has 12 heavy (non-hydrogen) atoms. The Balaban J connectivity index is 2.17. The maximum Gasteiger partial charge on any atom is 0.0723 e. The van der Waals surface area contributed by atoms with Crippen molar-refractivity contribution in [3.05, 3.63) is 12.4 Å². The van der Waals surface area contributed by atoms with Gasteiger partial charge in [0.15, 0.2) is 0 Å². The van der Waals surface area contributed by atoms with Gasteiger partial charge >= 0.3 is 0 Å². The van der Waals surface area contributed by atoms with Crippen molar-refractivity contribution in [2.24, 2.45) is 5.92 Å². The average Bonchev–Trinajstić information content (AvgIpc) is 2.53. The minimum absolute atomic E-state index is 0.741. The van der Waals surface area contributed by atoms with Crippen LogP contribution in [-0.4, -0.2) is 16.7 Å². The third-order valence-electron chi connectivity index (χ3n) is 1.93. The van der Waals surface area contributed by atoms with Gasteiger partial charge in [-0.15, -0.1) is 0 Å². The predicted molar refractivity (Wildman–Crippen MR) is 51.1 cm³/mol. The second kappa shape index (κ2) is 4.80. The molecule has 3 nitrogen and oxygen atoms in total. The van der Waals surface area contributed by atoms with Crippen LogP contribution >= 0.6 is 0 Å². The van der Waals surface area contributed by atoms with Gasteiger partial charge in [-0.2, -0.15) is 5.10 Å². The summed E-state index contributed by atoms with van der Waals surface area (Å²) in [4.78, 5) is 0. The molecule has 0 aliphatic rings. The number of nitrogens with zero attached hydrogens (tertiary/aromatic N) is 1. The molecule has 3 heteroatoms. The van der Waals surface area contributed by atoms with E-state index in [0.717, 1.165) is 18.2 Å². The van der Waals surface area contributed by atoms with Crippen molar-refractivity contribution in [3.63, 3.8) is 0 Å². The van der Waals surface area contributed by atoms with Crippen LogP contribution < -0.4 is 5.32 Å². The summed E-state index contributed by atoms with van der Waals surface area (Å²) < 4.78 is 0. The minimum atomic E-state index is 0.741. The second-order valence-electron chi connectivity index (χ2n) is 3.26. The summed E-state index contributed by atoms with van der Waals surface area (Å²) in [6.07, 6.45) is 6.22. The fraction of sp³-hybridized carbons (Fsp3) is 0.667. The van der Waals surface area contributed by atoms with Gasteiger partial charge in [-0.05, 0) is 12.3 Å². The lowest BCUT2D eigenvalue weighted by atomic mass is 10.1. The highest BCUT2D eigenvalue weighted by molar-refractivity contribution is 5.37. The van der Waals surface area contributed by atoms with Crippen LogP contribution in [0.25, 0.3) is 0 Å². The highest BCUT2D eigenvalue weighted by atomic mass is 15.1. The van der Waals surface area contributed by atoms with Gasteiger partial charge in [-0.1, -0.05) is 20.3 Å². The van der Waals surface area contributed by atoms with Gasteiger partial charge in [0.1, 0.15) is 0 Å². The molecule has 0 amide bonds. The van der Waals surface area contributed by atoms with Crippen molar-refractivity contribution in [3.8, 4) is 0 Å². The van der Waals surface area contributed by atoms with Gasteiger partial charge in [-0.25, -0.2) is 0 Å². The zero-order valence-corrected chi connectivity index (χ0v) is 7.80. The lowest BCUT2D eigenvalue weighted by Crippen LogP contribution is -2.10. The maximum atomic E-state index is 3.86. The predicted octanol–water partition coefficient (Wildman–Crippen LogP) is 2.26. The lowest BCUT2D eigenvalue weighted by molar-refractivity contribution is 0.551. The van der Waals surface area contributed by atoms with Crippen molar-refractivity contribution < 1.29 is 0 Å². The summed E-state index contributed by atoms with van der Waals surface area (Å²) in [5.74, 6) is 0.741. The molecule has 0 aromatic carbocycles. The average molecular weight is 167 g/mol. The number of H-pyrrole nitrogens is 1. The first kappa shape index (κ1) is 9.10. The molecule has 0 aliphatic heterocycles. The van der Waals surface area contributed by atoms with E-state index in [1.54, 1.807) is 6.20 Å². The molecule has 1 heterocycles. The fourth-order valence-electron chi connectivity index (χ4n) is 1.23. The van der Waals surface area contributed by atoms with Gasteiger partial charge < -0.3 is 5.32 Å². The molecule has 0 saturated heterocycles. The van der Waals surface area contributed by atoms with Gasteiger partial charge in [-0.3, -0.25) is 5.10 Å². The third kappa shape index (κ3) is 2.95. The van der Waals surface area contributed by atoms with Crippen LogP contribution in [0.5, 0.6) is 0 Å². The molecule has 68 valence electrons. The molecular formula is C9H17N3. The Morgan fingerprint density at radius 1 is 1.67 bits per heavy atom. The molecule has 0 spiro atoms. The topological polar surface area (TPSA) is 40.7 Å². The van der Waals surface area contributed by atoms with Gasteiger partial charge in [0.05, 0.1) is 11.9 Å². The minimum Gasteiger partial charge on any atom is -0.382 e. The SMILES string of the molecule is CCCC(C)CNc1cn[nH]c1. The summed E-state index contributed by atoms with van der Waals surface area (Å²) in [5, 5.41) is 9.95. The monoisotopic (exact) mass is 167 g/mol. The number of aromatic amines is 1. The Morgan fingerprint density at radius 2 is 2.50 bits per heavy atom. The molecule has 1 unspecified atom stereocenters. The Kier molecular flexibility index (Phi) is 3.64. The fourth-order valence-corrected chi connectivity index (χ4v) is 1.23. The summed E-state index contributed by atoms with van der Waals surface area (Å²) >= 11 is 0. The lowest BCUT2D eigenvalue weighted by Gasteiger charge is -2.10. The summed E-state index contributed by atoms with van der Waals surface area (Å²) in [7, 11) is 0. The van der Waals surface area contributed by atoms with Gasteiger partial charge in [0.2, 0.25) is 0 Å². The normalized spacial score (nSPS) is 12.8. The summed E-state index contributed by atoms with van der Waals surface area (Å²) in [5.41, 5.74) is 1.08. The Bertz CT molecular complexity index is 194. The summed E-state index contributed by atoms with van der Waals surface area (Å²) in [6.45, 7) is 5.51. The molecule has 1 aromatic rings. The van der Waals surface area contributed by atoms with E-state index < -0.39 is 0 Å². The van der Waals surface area contributed by atoms with Crippen LogP contribution in [0.2, 0.25) is 0 Å². The van der Waals surface area contributed by atoms with Crippen LogP contribution in [-0.2, 0) is 0 Å². The van der Waals surface area contributed by atoms with Gasteiger partial charge in [0, 0.05) is 12.7 Å². The van der Waals surface area contributed by atoms with Crippen molar-refractivity contribution in [2.75, 3.05) is 11.9 Å². The van der Waals surface area contributed by atoms with Crippen molar-refractivity contribution in [1.82, 2.24) is 10.2 Å². The molecular weight excluding hydrogens is 150 g/mol. The number of nitrogens with one attached hydrogen (secondary N) is 2. The Labute approximate surface area is 73.6 Å². The third-order valence-corrected chi connectivity index (χ3v) is 1.93. The van der Waals surface area contributed by atoms with Crippen LogP contribution in [0.15, 0.2) is 12.4 Å². The van der Waals surface area contributed by atoms with Crippen molar-refractivity contribution in [2.45, 2.75) is 26.7 Å². The van der Waals surface area contributed by atoms with Gasteiger partial charge in [0.25, 0.3) is 0 Å². The number of aromatic nitrogens is 2. The van der Waals surface area contributed by atoms with E-state index in [4.69, 9.17) is 0 Å². The molecule has 1 rings (SSSR count). The Hall–Kier alpha value is -0.990. The molecule has 0 fully saturated rings. The first-order chi connectivity index (χ1) is 5.83. The molecule has 0 bridgehead atoms. The molecule has 0 aliphatic carbocycles. The largest absolute Gasteiger partial charge is 0.382 e. The van der Waals surface area contributed by atoms with Crippen LogP contribution in [0, 0.1) is 5.92 Å². The number of anilines is 1. The first-order valence-electron chi connectivity index (χ1n) is 4.55. The molecule has 2 N–H and O–H groups in total. The van der Waals surface area contributed by atoms with E-state index in [2.05, 4.69) is 29.4 Å². The molecule has 1 atom stereocenters. The van der Waals surface area contributed by atoms with Crippen LogP contribution in [0.1, 0.15) is 26.7 Å². The van der Waals surface area contributed by atoms with Crippen molar-refractivity contribution >= 4 is 5.69 Å². The molecule has 0 saturated carbocycles. The zero-order chi connectivity index (χ0) is 8.81. The highest BCUT2D eigenvalue weighted by Gasteiger charge is 1.99. The molecule has 0 radical (unpaired) electrons. The van der Waals surface area contributed by atoms with E-state index >= 15 is 0 Å². The van der Waals surface area contributed by atoms with E-state index in [1.165, 1.54) is 12.8 Å². The Morgan fingerprint density at radius 3 is 3.08 bits per heavy atom. The maximum absolute atomic E-state index is 3.86. The second-order valence-corrected chi connectivity index (χ2v) is 3.26. The van der Waals surface area contributed by atoms with E-state index in [9.17, 15) is 0 Å². The van der Waals surface area contributed by atoms with E-state index in [0.29, 0.717) is 0 Å². The highest BCUT2D eigenvalue weighted by Crippen LogP contribution is 2.07. The zero-order valence-electron chi connectivity index (χ0n) is 7.80. The van der Waals surface area contributed by atoms with Crippen LogP contribution in [0.4, 0.5) is 5.69 Å². The number of hydrogen-bond donors (Lipinski definition) is 2. The van der Waals surface area contributed by atoms with E-state index in [-0.39, 0.29) is 0 Å². The summed E-state index contributed by atoms with van der Waals surface area (Å²) in [6, 6.07) is 0. The van der Waals surface area contributed by atoms with Crippen molar-refractivity contribution in [1.29, 1.82) is 0 Å². The first-order valence-corrected chi connectivity index (χ1v) is 4.55. The smallest absolute Gasteiger partial charge is 0.0723 e. The standard InChI is InChI=1S/C9H17N3/c1-3-4-8(2)5-10-9-6-11-12-7-9/h6-8,10H,3-5H2,1-2H3,(H,11,12). The van der Waals surface area contributed by atoms with Crippen LogP contribution in [0.3, 0.4) is 0 Å². The van der Waals surface area contributed by atoms with E-state index in [1.807, 2.05) is 6.20 Å².